The average Bonchev–Trinajstić information content (AvgIpc) is 2.84. The van der Waals surface area contributed by atoms with Crippen LogP contribution in [0.15, 0.2) is 18.3 Å². The molecule has 8 heteroatoms. The van der Waals surface area contributed by atoms with E-state index >= 15 is 0 Å². The smallest absolute Gasteiger partial charge is 0.407 e. The molecule has 104 valence electrons. The van der Waals surface area contributed by atoms with E-state index in [9.17, 15) is 4.79 Å². The molecule has 3 heterocycles. The minimum absolute atomic E-state index is 0.262. The minimum atomic E-state index is -0.949. The Hall–Kier alpha value is -2.28. The number of hydrogen-bond acceptors (Lipinski definition) is 4. The lowest BCUT2D eigenvalue weighted by Gasteiger charge is -2.25. The number of pyridine rings is 1. The van der Waals surface area contributed by atoms with Gasteiger partial charge in [-0.25, -0.2) is 9.78 Å². The molecule has 0 spiro atoms. The van der Waals surface area contributed by atoms with Crippen molar-refractivity contribution in [1.82, 2.24) is 19.7 Å². The third-order valence-electron chi connectivity index (χ3n) is 3.29. The van der Waals surface area contributed by atoms with Gasteiger partial charge < -0.3 is 15.7 Å². The molecule has 1 amide bonds. The van der Waals surface area contributed by atoms with Gasteiger partial charge in [0.2, 0.25) is 0 Å². The number of rotatable bonds is 1. The lowest BCUT2D eigenvalue weighted by atomic mass is 10.1. The number of nitrogens with two attached hydrogens (primary N) is 1. The van der Waals surface area contributed by atoms with Crippen molar-refractivity contribution in [2.75, 3.05) is 12.3 Å². The molecule has 0 radical (unpaired) electrons. The van der Waals surface area contributed by atoms with Gasteiger partial charge in [0, 0.05) is 12.1 Å². The second-order valence-corrected chi connectivity index (χ2v) is 4.89. The first-order valence-corrected chi connectivity index (χ1v) is 6.39. The summed E-state index contributed by atoms with van der Waals surface area (Å²) in [6.45, 7) is 1.20. The van der Waals surface area contributed by atoms with Crippen LogP contribution in [0.5, 0.6) is 0 Å². The van der Waals surface area contributed by atoms with Crippen molar-refractivity contribution in [3.05, 3.63) is 29.2 Å². The molecule has 0 saturated heterocycles. The predicted molar refractivity (Wildman–Crippen MR) is 73.3 cm³/mol. The largest absolute Gasteiger partial charge is 0.465 e. The molecule has 1 aliphatic rings. The van der Waals surface area contributed by atoms with Crippen molar-refractivity contribution in [1.29, 1.82) is 0 Å². The summed E-state index contributed by atoms with van der Waals surface area (Å²) in [6.07, 6.45) is 0.700. The molecule has 3 N–H and O–H groups in total. The Morgan fingerprint density at radius 3 is 2.95 bits per heavy atom. The summed E-state index contributed by atoms with van der Waals surface area (Å²) in [4.78, 5) is 16.6. The van der Waals surface area contributed by atoms with E-state index in [4.69, 9.17) is 22.4 Å². The van der Waals surface area contributed by atoms with Crippen LogP contribution in [0, 0.1) is 0 Å². The number of amides is 1. The molecule has 0 unspecified atom stereocenters. The number of carbonyl (C=O) groups is 1. The molecule has 0 atom stereocenters. The third-order valence-corrected chi connectivity index (χ3v) is 3.50. The molecule has 7 nitrogen and oxygen atoms in total. The molecule has 1 aliphatic heterocycles. The monoisotopic (exact) mass is 293 g/mol. The van der Waals surface area contributed by atoms with Crippen LogP contribution in [-0.4, -0.2) is 37.4 Å². The fourth-order valence-corrected chi connectivity index (χ4v) is 2.42. The number of nitrogen functional groups attached to an aromatic ring is 1. The lowest BCUT2D eigenvalue weighted by Crippen LogP contribution is -2.37. The van der Waals surface area contributed by atoms with E-state index in [-0.39, 0.29) is 6.54 Å². The highest BCUT2D eigenvalue weighted by atomic mass is 35.5. The van der Waals surface area contributed by atoms with E-state index in [0.717, 1.165) is 11.3 Å². The molecule has 0 bridgehead atoms. The number of aromatic nitrogens is 3. The zero-order valence-corrected chi connectivity index (χ0v) is 11.2. The molecule has 2 aromatic heterocycles. The molecule has 2 aromatic rings. The topological polar surface area (TPSA) is 97.3 Å². The van der Waals surface area contributed by atoms with Crippen LogP contribution in [-0.2, 0) is 13.1 Å². The van der Waals surface area contributed by atoms with Gasteiger partial charge in [0.1, 0.15) is 5.15 Å². The summed E-state index contributed by atoms with van der Waals surface area (Å²) in [5, 5.41) is 13.7. The Balaban J connectivity index is 2.07. The molecule has 3 rings (SSSR count). The fourth-order valence-electron chi connectivity index (χ4n) is 2.27. The maximum Gasteiger partial charge on any atom is 0.407 e. The highest BCUT2D eigenvalue weighted by molar-refractivity contribution is 6.29. The third kappa shape index (κ3) is 2.05. The molecule has 0 aromatic carbocycles. The Labute approximate surface area is 119 Å². The van der Waals surface area contributed by atoms with Crippen LogP contribution >= 0.6 is 11.6 Å². The molecular weight excluding hydrogens is 282 g/mol. The quantitative estimate of drug-likeness (QED) is 0.780. The zero-order valence-electron chi connectivity index (χ0n) is 10.5. The number of anilines is 1. The number of hydrogen-bond donors (Lipinski definition) is 2. The number of carboxylic acid groups (broad SMARTS) is 1. The predicted octanol–water partition coefficient (Wildman–Crippen LogP) is 1.67. The van der Waals surface area contributed by atoms with Gasteiger partial charge in [-0.2, -0.15) is 5.10 Å². The molecule has 20 heavy (non-hydrogen) atoms. The van der Waals surface area contributed by atoms with Gasteiger partial charge in [-0.3, -0.25) is 4.68 Å². The van der Waals surface area contributed by atoms with Gasteiger partial charge in [0.25, 0.3) is 0 Å². The highest BCUT2D eigenvalue weighted by Gasteiger charge is 2.25. The summed E-state index contributed by atoms with van der Waals surface area (Å²) >= 11 is 5.90. The van der Waals surface area contributed by atoms with Gasteiger partial charge in [0.05, 0.1) is 36.4 Å². The SMILES string of the molecule is Nc1ccc(Cl)nc1-c1cnn2c1CN(C(=O)O)CC2. The van der Waals surface area contributed by atoms with E-state index in [1.165, 1.54) is 4.90 Å². The van der Waals surface area contributed by atoms with Crippen LogP contribution in [0.2, 0.25) is 5.15 Å². The standard InChI is InChI=1S/C12H12ClN5O2/c13-10-2-1-8(14)11(16-10)7-5-15-18-4-3-17(12(19)20)6-9(7)18/h1-2,5H,3-4,6,14H2,(H,19,20). The summed E-state index contributed by atoms with van der Waals surface area (Å²) in [5.74, 6) is 0. The number of halogens is 1. The van der Waals surface area contributed by atoms with Crippen molar-refractivity contribution in [3.63, 3.8) is 0 Å². The molecule has 0 aliphatic carbocycles. The molecule has 0 saturated carbocycles. The Bertz CT molecular complexity index is 684. The first-order valence-electron chi connectivity index (χ1n) is 6.01. The second-order valence-electron chi connectivity index (χ2n) is 4.50. The van der Waals surface area contributed by atoms with Crippen molar-refractivity contribution in [2.24, 2.45) is 0 Å². The van der Waals surface area contributed by atoms with Crippen LogP contribution in [0.25, 0.3) is 11.3 Å². The van der Waals surface area contributed by atoms with Crippen LogP contribution < -0.4 is 5.73 Å². The fraction of sp³-hybridized carbons (Fsp3) is 0.250. The van der Waals surface area contributed by atoms with E-state index < -0.39 is 6.09 Å². The summed E-state index contributed by atoms with van der Waals surface area (Å²) in [6, 6.07) is 3.28. The maximum absolute atomic E-state index is 11.1. The van der Waals surface area contributed by atoms with Crippen molar-refractivity contribution < 1.29 is 9.90 Å². The Morgan fingerprint density at radius 2 is 2.20 bits per heavy atom. The summed E-state index contributed by atoms with van der Waals surface area (Å²) in [7, 11) is 0. The normalized spacial score (nSPS) is 14.2. The Morgan fingerprint density at radius 1 is 1.40 bits per heavy atom. The Kier molecular flexibility index (Phi) is 2.98. The van der Waals surface area contributed by atoms with Gasteiger partial charge in [0.15, 0.2) is 0 Å². The molecular formula is C12H12ClN5O2. The van der Waals surface area contributed by atoms with Gasteiger partial charge in [-0.1, -0.05) is 11.6 Å². The van der Waals surface area contributed by atoms with Crippen molar-refractivity contribution in [3.8, 4) is 11.3 Å². The maximum atomic E-state index is 11.1. The minimum Gasteiger partial charge on any atom is -0.465 e. The molecule has 0 fully saturated rings. The first kappa shape index (κ1) is 12.7. The van der Waals surface area contributed by atoms with Gasteiger partial charge in [-0.05, 0) is 12.1 Å². The summed E-state index contributed by atoms with van der Waals surface area (Å²) < 4.78 is 1.77. The van der Waals surface area contributed by atoms with E-state index in [1.807, 2.05) is 0 Å². The lowest BCUT2D eigenvalue weighted by molar-refractivity contribution is 0.131. The summed E-state index contributed by atoms with van der Waals surface area (Å²) in [5.41, 5.74) is 8.43. The first-order chi connectivity index (χ1) is 9.56. The van der Waals surface area contributed by atoms with Gasteiger partial charge in [-0.15, -0.1) is 0 Å². The second kappa shape index (κ2) is 4.68. The van der Waals surface area contributed by atoms with Crippen LogP contribution in [0.4, 0.5) is 10.5 Å². The van der Waals surface area contributed by atoms with E-state index in [1.54, 1.807) is 23.0 Å². The van der Waals surface area contributed by atoms with Crippen molar-refractivity contribution >= 4 is 23.4 Å². The van der Waals surface area contributed by atoms with E-state index in [2.05, 4.69) is 10.1 Å². The van der Waals surface area contributed by atoms with Crippen LogP contribution in [0.1, 0.15) is 5.69 Å². The highest BCUT2D eigenvalue weighted by Crippen LogP contribution is 2.30. The van der Waals surface area contributed by atoms with Gasteiger partial charge >= 0.3 is 6.09 Å². The van der Waals surface area contributed by atoms with Crippen molar-refractivity contribution in [2.45, 2.75) is 13.1 Å². The van der Waals surface area contributed by atoms with Crippen LogP contribution in [0.3, 0.4) is 0 Å². The zero-order chi connectivity index (χ0) is 14.3. The number of nitrogens with zero attached hydrogens (tertiary/aromatic N) is 4. The average molecular weight is 294 g/mol. The van der Waals surface area contributed by atoms with E-state index in [0.29, 0.717) is 29.6 Å². The number of fused-ring (bicyclic) bond motifs is 1.